The summed E-state index contributed by atoms with van der Waals surface area (Å²) in [4.78, 5) is 14.2. The van der Waals surface area contributed by atoms with Crippen LogP contribution < -0.4 is 10.6 Å². The van der Waals surface area contributed by atoms with Gasteiger partial charge in [-0.25, -0.2) is 4.79 Å². The van der Waals surface area contributed by atoms with Crippen molar-refractivity contribution >= 4 is 6.03 Å². The van der Waals surface area contributed by atoms with Crippen molar-refractivity contribution in [2.45, 2.75) is 25.6 Å². The smallest absolute Gasteiger partial charge is 0.315 e. The minimum absolute atomic E-state index is 0.175. The van der Waals surface area contributed by atoms with E-state index in [9.17, 15) is 4.79 Å². The molecule has 2 amide bonds. The fourth-order valence-electron chi connectivity index (χ4n) is 2.59. The van der Waals surface area contributed by atoms with Crippen LogP contribution >= 0.6 is 0 Å². The summed E-state index contributed by atoms with van der Waals surface area (Å²) in [7, 11) is 0. The van der Waals surface area contributed by atoms with Gasteiger partial charge in [0.2, 0.25) is 0 Å². The number of hydrogen-bond donors (Lipinski definition) is 3. The first kappa shape index (κ1) is 14.5. The standard InChI is InChI=1S/C14H19N7O/c22-14(15-8-13-17-19-20-18-13)16-12-6-7-21(10-12)9-11-4-2-1-3-5-11/h1-5,12H,6-10H2,(H2,15,16,22)(H,17,18,19,20)/t12-/m1/s1. The predicted molar refractivity (Wildman–Crippen MR) is 79.7 cm³/mol. The molecule has 2 aromatic rings. The first-order valence-electron chi connectivity index (χ1n) is 7.32. The van der Waals surface area contributed by atoms with Crippen LogP contribution in [0, 0.1) is 0 Å². The minimum Gasteiger partial charge on any atom is -0.334 e. The zero-order chi connectivity index (χ0) is 15.2. The van der Waals surface area contributed by atoms with Crippen LogP contribution in [0.15, 0.2) is 30.3 Å². The summed E-state index contributed by atoms with van der Waals surface area (Å²) in [5, 5.41) is 19.0. The Morgan fingerprint density at radius 1 is 1.36 bits per heavy atom. The number of urea groups is 1. The lowest BCUT2D eigenvalue weighted by Crippen LogP contribution is -2.43. The van der Waals surface area contributed by atoms with E-state index in [-0.39, 0.29) is 18.6 Å². The topological polar surface area (TPSA) is 98.8 Å². The Labute approximate surface area is 128 Å². The number of tetrazole rings is 1. The van der Waals surface area contributed by atoms with Gasteiger partial charge in [-0.2, -0.15) is 5.21 Å². The predicted octanol–water partition coefficient (Wildman–Crippen LogP) is 0.273. The molecule has 0 aliphatic carbocycles. The number of H-pyrrole nitrogens is 1. The maximum atomic E-state index is 11.8. The summed E-state index contributed by atoms with van der Waals surface area (Å²) in [6.45, 7) is 3.04. The number of benzene rings is 1. The molecule has 1 aromatic carbocycles. The van der Waals surface area contributed by atoms with Gasteiger partial charge in [0.25, 0.3) is 0 Å². The van der Waals surface area contributed by atoms with Crippen LogP contribution in [0.25, 0.3) is 0 Å². The number of nitrogens with zero attached hydrogens (tertiary/aromatic N) is 4. The third-order valence-corrected chi connectivity index (χ3v) is 3.65. The van der Waals surface area contributed by atoms with E-state index in [0.29, 0.717) is 5.82 Å². The average Bonchev–Trinajstić information content (AvgIpc) is 3.18. The van der Waals surface area contributed by atoms with E-state index in [1.165, 1.54) is 5.56 Å². The highest BCUT2D eigenvalue weighted by Gasteiger charge is 2.23. The zero-order valence-corrected chi connectivity index (χ0v) is 12.2. The molecule has 22 heavy (non-hydrogen) atoms. The number of likely N-dealkylation sites (tertiary alicyclic amines) is 1. The van der Waals surface area contributed by atoms with Crippen LogP contribution in [-0.4, -0.2) is 50.7 Å². The molecule has 1 fully saturated rings. The molecular weight excluding hydrogens is 282 g/mol. The Balaban J connectivity index is 1.40. The van der Waals surface area contributed by atoms with E-state index >= 15 is 0 Å². The van der Waals surface area contributed by atoms with E-state index in [1.807, 2.05) is 18.2 Å². The number of aromatic amines is 1. The van der Waals surface area contributed by atoms with Gasteiger partial charge < -0.3 is 10.6 Å². The number of carbonyl (C=O) groups is 1. The number of nitrogens with one attached hydrogen (secondary N) is 3. The average molecular weight is 301 g/mol. The SMILES string of the molecule is O=C(NCc1nn[nH]n1)N[C@@H]1CCN(Cc2ccccc2)C1. The first-order valence-corrected chi connectivity index (χ1v) is 7.32. The van der Waals surface area contributed by atoms with Crippen LogP contribution in [0.2, 0.25) is 0 Å². The second-order valence-electron chi connectivity index (χ2n) is 5.36. The summed E-state index contributed by atoms with van der Waals surface area (Å²) in [6.07, 6.45) is 0.961. The van der Waals surface area contributed by atoms with Gasteiger partial charge in [0.1, 0.15) is 0 Å². The zero-order valence-electron chi connectivity index (χ0n) is 12.2. The molecule has 1 aliphatic heterocycles. The lowest BCUT2D eigenvalue weighted by molar-refractivity contribution is 0.235. The molecule has 0 bridgehead atoms. The van der Waals surface area contributed by atoms with Gasteiger partial charge >= 0.3 is 6.03 Å². The van der Waals surface area contributed by atoms with Crippen LogP contribution in [0.4, 0.5) is 4.79 Å². The summed E-state index contributed by atoms with van der Waals surface area (Å²) in [5.41, 5.74) is 1.30. The molecule has 0 unspecified atom stereocenters. The Kier molecular flexibility index (Phi) is 4.59. The molecule has 1 saturated heterocycles. The molecule has 116 valence electrons. The highest BCUT2D eigenvalue weighted by atomic mass is 16.2. The molecule has 1 aromatic heterocycles. The molecule has 8 nitrogen and oxygen atoms in total. The lowest BCUT2D eigenvalue weighted by Gasteiger charge is -2.16. The molecule has 0 spiro atoms. The van der Waals surface area contributed by atoms with E-state index in [0.717, 1.165) is 26.1 Å². The second-order valence-corrected chi connectivity index (χ2v) is 5.36. The van der Waals surface area contributed by atoms with Gasteiger partial charge in [-0.05, 0) is 12.0 Å². The van der Waals surface area contributed by atoms with Gasteiger partial charge in [-0.3, -0.25) is 4.90 Å². The van der Waals surface area contributed by atoms with Gasteiger partial charge in [-0.1, -0.05) is 35.5 Å². The van der Waals surface area contributed by atoms with E-state index < -0.39 is 0 Å². The van der Waals surface area contributed by atoms with Gasteiger partial charge in [-0.15, -0.1) is 10.2 Å². The van der Waals surface area contributed by atoms with Gasteiger partial charge in [0.05, 0.1) is 6.54 Å². The molecule has 0 saturated carbocycles. The van der Waals surface area contributed by atoms with Gasteiger partial charge in [0, 0.05) is 25.7 Å². The summed E-state index contributed by atoms with van der Waals surface area (Å²) >= 11 is 0. The lowest BCUT2D eigenvalue weighted by atomic mass is 10.2. The van der Waals surface area contributed by atoms with Crippen LogP contribution in [0.5, 0.6) is 0 Å². The number of hydrogen-bond acceptors (Lipinski definition) is 5. The molecule has 2 heterocycles. The fourth-order valence-corrected chi connectivity index (χ4v) is 2.59. The highest BCUT2D eigenvalue weighted by molar-refractivity contribution is 5.74. The molecule has 1 aliphatic rings. The first-order chi connectivity index (χ1) is 10.8. The van der Waals surface area contributed by atoms with Crippen molar-refractivity contribution in [3.05, 3.63) is 41.7 Å². The quantitative estimate of drug-likeness (QED) is 0.736. The van der Waals surface area contributed by atoms with Crippen molar-refractivity contribution in [3.63, 3.8) is 0 Å². The van der Waals surface area contributed by atoms with Gasteiger partial charge in [0.15, 0.2) is 5.82 Å². The number of rotatable bonds is 5. The van der Waals surface area contributed by atoms with Crippen molar-refractivity contribution in [2.75, 3.05) is 13.1 Å². The molecule has 8 heteroatoms. The minimum atomic E-state index is -0.198. The summed E-state index contributed by atoms with van der Waals surface area (Å²) in [5.74, 6) is 0.465. The van der Waals surface area contributed by atoms with Crippen molar-refractivity contribution in [1.29, 1.82) is 0 Å². The number of amides is 2. The Hall–Kier alpha value is -2.48. The molecule has 3 rings (SSSR count). The molecule has 0 radical (unpaired) electrons. The molecule has 1 atom stereocenters. The Morgan fingerprint density at radius 2 is 2.23 bits per heavy atom. The maximum Gasteiger partial charge on any atom is 0.315 e. The largest absolute Gasteiger partial charge is 0.334 e. The van der Waals surface area contributed by atoms with Crippen molar-refractivity contribution in [2.24, 2.45) is 0 Å². The summed E-state index contributed by atoms with van der Waals surface area (Å²) in [6, 6.07) is 10.3. The number of carbonyl (C=O) groups excluding carboxylic acids is 1. The fraction of sp³-hybridized carbons (Fsp3) is 0.429. The van der Waals surface area contributed by atoms with E-state index in [2.05, 4.69) is 48.3 Å². The van der Waals surface area contributed by atoms with Crippen molar-refractivity contribution in [3.8, 4) is 0 Å². The molecule has 3 N–H and O–H groups in total. The maximum absolute atomic E-state index is 11.8. The van der Waals surface area contributed by atoms with E-state index in [1.54, 1.807) is 0 Å². The molecular formula is C14H19N7O. The van der Waals surface area contributed by atoms with E-state index in [4.69, 9.17) is 0 Å². The third-order valence-electron chi connectivity index (χ3n) is 3.65. The van der Waals surface area contributed by atoms with Crippen LogP contribution in [-0.2, 0) is 13.1 Å². The Morgan fingerprint density at radius 3 is 3.00 bits per heavy atom. The monoisotopic (exact) mass is 301 g/mol. The van der Waals surface area contributed by atoms with Crippen LogP contribution in [0.1, 0.15) is 17.8 Å². The van der Waals surface area contributed by atoms with Crippen molar-refractivity contribution < 1.29 is 4.79 Å². The Bertz CT molecular complexity index is 587. The summed E-state index contributed by atoms with van der Waals surface area (Å²) < 4.78 is 0. The van der Waals surface area contributed by atoms with Crippen molar-refractivity contribution in [1.82, 2.24) is 36.2 Å². The second kappa shape index (κ2) is 6.99. The third kappa shape index (κ3) is 4.01. The highest BCUT2D eigenvalue weighted by Crippen LogP contribution is 2.13. The number of aromatic nitrogens is 4. The normalized spacial score (nSPS) is 18.3. The van der Waals surface area contributed by atoms with Crippen LogP contribution in [0.3, 0.4) is 0 Å².